The van der Waals surface area contributed by atoms with Crippen molar-refractivity contribution in [2.24, 2.45) is 0 Å². The molecule has 19 heavy (non-hydrogen) atoms. The van der Waals surface area contributed by atoms with Crippen LogP contribution in [0.25, 0.3) is 0 Å². The first-order valence-corrected chi connectivity index (χ1v) is 7.15. The van der Waals surface area contributed by atoms with E-state index in [2.05, 4.69) is 54.8 Å². The number of nitrogens with one attached hydrogen (secondary N) is 2. The molecule has 1 aromatic rings. The minimum atomic E-state index is -0.321. The third-order valence-corrected chi connectivity index (χ3v) is 3.37. The van der Waals surface area contributed by atoms with Crippen molar-refractivity contribution in [1.82, 2.24) is 10.6 Å². The Morgan fingerprint density at radius 2 is 1.84 bits per heavy atom. The fourth-order valence-electron chi connectivity index (χ4n) is 2.17. The molecule has 0 aliphatic carbocycles. The second-order valence-electron chi connectivity index (χ2n) is 5.82. The highest BCUT2D eigenvalue weighted by Crippen LogP contribution is 2.14. The molecule has 3 N–H and O–H groups in total. The second kappa shape index (κ2) is 8.31. The lowest BCUT2D eigenvalue weighted by Crippen LogP contribution is -2.45. The molecule has 0 heterocycles. The molecule has 0 aliphatic rings. The maximum absolute atomic E-state index is 9.69. The lowest BCUT2D eigenvalue weighted by atomic mass is 9.95. The van der Waals surface area contributed by atoms with Gasteiger partial charge in [-0.3, -0.25) is 0 Å². The van der Waals surface area contributed by atoms with E-state index in [0.29, 0.717) is 13.1 Å². The number of β-amino-alcohol motifs (C(OH)–C–C–N with tert-alkyl or cyclic N) is 1. The lowest BCUT2D eigenvalue weighted by Gasteiger charge is -2.28. The average Bonchev–Trinajstić information content (AvgIpc) is 2.38. The molecule has 1 aromatic carbocycles. The third kappa shape index (κ3) is 7.31. The molecule has 0 radical (unpaired) electrons. The van der Waals surface area contributed by atoms with Gasteiger partial charge in [-0.1, -0.05) is 30.3 Å². The van der Waals surface area contributed by atoms with Crippen molar-refractivity contribution in [1.29, 1.82) is 0 Å². The monoisotopic (exact) mass is 264 g/mol. The third-order valence-electron chi connectivity index (χ3n) is 3.37. The Labute approximate surface area is 117 Å². The number of likely N-dealkylation sites (N-methyl/N-ethyl adjacent to an activating group) is 1. The molecule has 0 amide bonds. The number of aliphatic hydroxyl groups is 1. The molecule has 1 atom stereocenters. The van der Waals surface area contributed by atoms with Crippen molar-refractivity contribution in [3.8, 4) is 0 Å². The predicted octanol–water partition coefficient (Wildman–Crippen LogP) is 1.96. The smallest absolute Gasteiger partial charge is 0.0788 e. The summed E-state index contributed by atoms with van der Waals surface area (Å²) < 4.78 is 0. The van der Waals surface area contributed by atoms with Crippen LogP contribution in [0.15, 0.2) is 30.3 Å². The average molecular weight is 264 g/mol. The maximum atomic E-state index is 9.69. The molecular formula is C16H28N2O. The maximum Gasteiger partial charge on any atom is 0.0788 e. The molecule has 0 saturated heterocycles. The molecule has 1 unspecified atom stereocenters. The minimum Gasteiger partial charge on any atom is -0.390 e. The topological polar surface area (TPSA) is 44.3 Å². The summed E-state index contributed by atoms with van der Waals surface area (Å²) in [4.78, 5) is 0. The Hall–Kier alpha value is -0.900. The van der Waals surface area contributed by atoms with Gasteiger partial charge >= 0.3 is 0 Å². The van der Waals surface area contributed by atoms with E-state index >= 15 is 0 Å². The van der Waals surface area contributed by atoms with E-state index in [9.17, 15) is 5.11 Å². The summed E-state index contributed by atoms with van der Waals surface area (Å²) in [5, 5.41) is 16.1. The molecule has 3 nitrogen and oxygen atoms in total. The zero-order valence-electron chi connectivity index (χ0n) is 12.4. The fraction of sp³-hybridized carbons (Fsp3) is 0.625. The van der Waals surface area contributed by atoms with Gasteiger partial charge in [0, 0.05) is 18.6 Å². The Balaban J connectivity index is 2.23. The first-order chi connectivity index (χ1) is 9.03. The summed E-state index contributed by atoms with van der Waals surface area (Å²) in [7, 11) is 1.86. The highest BCUT2D eigenvalue weighted by Gasteiger charge is 2.17. The van der Waals surface area contributed by atoms with Crippen LogP contribution in [-0.2, 0) is 6.42 Å². The van der Waals surface area contributed by atoms with E-state index in [4.69, 9.17) is 0 Å². The molecule has 0 fully saturated rings. The Morgan fingerprint density at radius 1 is 1.16 bits per heavy atom. The SMILES string of the molecule is CNCC(O)CNC(C)(C)CCCc1ccccc1. The van der Waals surface area contributed by atoms with Gasteiger partial charge in [-0.15, -0.1) is 0 Å². The van der Waals surface area contributed by atoms with Crippen LogP contribution >= 0.6 is 0 Å². The predicted molar refractivity (Wildman–Crippen MR) is 81.4 cm³/mol. The van der Waals surface area contributed by atoms with Gasteiger partial charge in [0.25, 0.3) is 0 Å². The van der Waals surface area contributed by atoms with Crippen LogP contribution in [0.1, 0.15) is 32.3 Å². The molecule has 0 spiro atoms. The van der Waals surface area contributed by atoms with Crippen molar-refractivity contribution < 1.29 is 5.11 Å². The van der Waals surface area contributed by atoms with Crippen LogP contribution in [-0.4, -0.2) is 36.9 Å². The Bertz CT molecular complexity index is 338. The van der Waals surface area contributed by atoms with Crippen molar-refractivity contribution >= 4 is 0 Å². The molecular weight excluding hydrogens is 236 g/mol. The van der Waals surface area contributed by atoms with Gasteiger partial charge in [-0.05, 0) is 45.7 Å². The Morgan fingerprint density at radius 3 is 2.47 bits per heavy atom. The first kappa shape index (κ1) is 16.2. The van der Waals surface area contributed by atoms with E-state index in [1.165, 1.54) is 5.56 Å². The van der Waals surface area contributed by atoms with Crippen LogP contribution < -0.4 is 10.6 Å². The highest BCUT2D eigenvalue weighted by molar-refractivity contribution is 5.14. The van der Waals surface area contributed by atoms with E-state index in [-0.39, 0.29) is 11.6 Å². The van der Waals surface area contributed by atoms with Gasteiger partial charge in [0.15, 0.2) is 0 Å². The number of aliphatic hydroxyl groups excluding tert-OH is 1. The summed E-state index contributed by atoms with van der Waals surface area (Å²) in [6.07, 6.45) is 3.06. The molecule has 108 valence electrons. The van der Waals surface area contributed by atoms with Gasteiger partial charge in [0.1, 0.15) is 0 Å². The van der Waals surface area contributed by atoms with Gasteiger partial charge < -0.3 is 15.7 Å². The highest BCUT2D eigenvalue weighted by atomic mass is 16.3. The van der Waals surface area contributed by atoms with Crippen LogP contribution in [0.3, 0.4) is 0 Å². The number of hydrogen-bond donors (Lipinski definition) is 3. The van der Waals surface area contributed by atoms with Crippen LogP contribution in [0.4, 0.5) is 0 Å². The van der Waals surface area contributed by atoms with Crippen molar-refractivity contribution in [3.05, 3.63) is 35.9 Å². The quantitative estimate of drug-likeness (QED) is 0.639. The number of aryl methyl sites for hydroxylation is 1. The zero-order chi connectivity index (χ0) is 14.1. The molecule has 0 saturated carbocycles. The standard InChI is InChI=1S/C16H28N2O/c1-16(2,18-13-15(19)12-17-3)11-7-10-14-8-5-4-6-9-14/h4-6,8-9,15,17-19H,7,10-13H2,1-3H3. The zero-order valence-corrected chi connectivity index (χ0v) is 12.4. The van der Waals surface area contributed by atoms with E-state index in [1.807, 2.05) is 7.05 Å². The van der Waals surface area contributed by atoms with Gasteiger partial charge in [-0.2, -0.15) is 0 Å². The molecule has 3 heteroatoms. The van der Waals surface area contributed by atoms with Gasteiger partial charge in [0.2, 0.25) is 0 Å². The van der Waals surface area contributed by atoms with E-state index in [1.54, 1.807) is 0 Å². The molecule has 0 aliphatic heterocycles. The minimum absolute atomic E-state index is 0.0729. The Kier molecular flexibility index (Phi) is 7.06. The number of benzene rings is 1. The molecule has 0 bridgehead atoms. The molecule has 1 rings (SSSR count). The van der Waals surface area contributed by atoms with Gasteiger partial charge in [-0.25, -0.2) is 0 Å². The van der Waals surface area contributed by atoms with Crippen LogP contribution in [0.2, 0.25) is 0 Å². The summed E-state index contributed by atoms with van der Waals surface area (Å²) in [5.41, 5.74) is 1.47. The van der Waals surface area contributed by atoms with Crippen molar-refractivity contribution in [2.45, 2.75) is 44.8 Å². The lowest BCUT2D eigenvalue weighted by molar-refractivity contribution is 0.156. The van der Waals surface area contributed by atoms with Crippen LogP contribution in [0.5, 0.6) is 0 Å². The normalized spacial score (nSPS) is 13.5. The van der Waals surface area contributed by atoms with E-state index < -0.39 is 0 Å². The van der Waals surface area contributed by atoms with Gasteiger partial charge in [0.05, 0.1) is 6.10 Å². The largest absolute Gasteiger partial charge is 0.390 e. The summed E-state index contributed by atoms with van der Waals surface area (Å²) in [6.45, 7) is 5.67. The second-order valence-corrected chi connectivity index (χ2v) is 5.82. The van der Waals surface area contributed by atoms with Crippen molar-refractivity contribution in [2.75, 3.05) is 20.1 Å². The summed E-state index contributed by atoms with van der Waals surface area (Å²) in [5.74, 6) is 0. The number of rotatable bonds is 9. The van der Waals surface area contributed by atoms with Crippen LogP contribution in [0, 0.1) is 0 Å². The van der Waals surface area contributed by atoms with E-state index in [0.717, 1.165) is 19.3 Å². The summed E-state index contributed by atoms with van der Waals surface area (Å²) >= 11 is 0. The fourth-order valence-corrected chi connectivity index (χ4v) is 2.17. The van der Waals surface area contributed by atoms with Crippen molar-refractivity contribution in [3.63, 3.8) is 0 Å². The number of hydrogen-bond acceptors (Lipinski definition) is 3. The molecule has 0 aromatic heterocycles. The summed E-state index contributed by atoms with van der Waals surface area (Å²) in [6, 6.07) is 10.6. The first-order valence-electron chi connectivity index (χ1n) is 7.15.